The Morgan fingerprint density at radius 3 is 2.31 bits per heavy atom. The summed E-state index contributed by atoms with van der Waals surface area (Å²) in [7, 11) is 0. The Morgan fingerprint density at radius 2 is 1.60 bits per heavy atom. The number of thioether (sulfide) groups is 1. The highest BCUT2D eigenvalue weighted by Crippen LogP contribution is 2.35. The number of piperazine rings is 1. The van der Waals surface area contributed by atoms with Crippen molar-refractivity contribution >= 4 is 75.6 Å². The molecule has 1 atom stereocenters. The lowest BCUT2D eigenvalue weighted by Crippen LogP contribution is -2.54. The number of aromatic nitrogens is 4. The fraction of sp³-hybridized carbons (Fsp3) is 0.467. The normalized spacial score (nSPS) is 17.9. The van der Waals surface area contributed by atoms with E-state index in [1.165, 1.54) is 18.7 Å². The minimum absolute atomic E-state index is 0.0173. The second kappa shape index (κ2) is 20.4. The topological polar surface area (TPSA) is 225 Å². The highest BCUT2D eigenvalue weighted by Gasteiger charge is 2.45. The zero-order valence-electron chi connectivity index (χ0n) is 36.3. The molecule has 6 heterocycles. The number of rotatable bonds is 18. The number of fused-ring (bicyclic) bond motifs is 2. The van der Waals surface area contributed by atoms with Gasteiger partial charge in [0, 0.05) is 60.9 Å². The summed E-state index contributed by atoms with van der Waals surface area (Å²) < 4.78 is 18.5. The molecule has 65 heavy (non-hydrogen) atoms. The van der Waals surface area contributed by atoms with Crippen molar-refractivity contribution in [1.29, 1.82) is 0 Å². The van der Waals surface area contributed by atoms with Crippen LogP contribution in [0.2, 0.25) is 0 Å². The molecule has 2 N–H and O–H groups in total. The van der Waals surface area contributed by atoms with Crippen LogP contribution in [-0.2, 0) is 28.6 Å². The highest BCUT2D eigenvalue weighted by molar-refractivity contribution is 7.99. The van der Waals surface area contributed by atoms with Crippen LogP contribution in [0.15, 0.2) is 52.4 Å². The SMILES string of the molecule is CC(=O)c1c(C)c2cnc(Nc3ccc(N4CCN(C(=O)COCCOCCOCCSc5cccc6c5C(=O)N(C5CCC(=O)NC5=O)C6=O)CC4)cn3)nc2n(C2CCCC2)c1=O. The van der Waals surface area contributed by atoms with Gasteiger partial charge in [0.2, 0.25) is 23.7 Å². The van der Waals surface area contributed by atoms with Crippen molar-refractivity contribution in [3.8, 4) is 0 Å². The van der Waals surface area contributed by atoms with Crippen molar-refractivity contribution in [2.45, 2.75) is 69.4 Å². The molecule has 342 valence electrons. The Kier molecular flexibility index (Phi) is 14.3. The zero-order valence-corrected chi connectivity index (χ0v) is 37.2. The van der Waals surface area contributed by atoms with E-state index in [2.05, 4.69) is 25.5 Å². The molecule has 4 aromatic rings. The van der Waals surface area contributed by atoms with E-state index < -0.39 is 29.7 Å². The van der Waals surface area contributed by atoms with E-state index in [4.69, 9.17) is 19.2 Å². The molecule has 1 aromatic carbocycles. The van der Waals surface area contributed by atoms with Crippen molar-refractivity contribution in [2.75, 3.05) is 81.8 Å². The lowest BCUT2D eigenvalue weighted by molar-refractivity contribution is -0.137. The second-order valence-corrected chi connectivity index (χ2v) is 17.4. The maximum absolute atomic E-state index is 13.6. The van der Waals surface area contributed by atoms with Gasteiger partial charge in [-0.05, 0) is 62.9 Å². The number of anilines is 3. The molecule has 4 aliphatic rings. The van der Waals surface area contributed by atoms with Gasteiger partial charge in [-0.3, -0.25) is 48.3 Å². The van der Waals surface area contributed by atoms with Gasteiger partial charge in [0.1, 0.15) is 24.1 Å². The Balaban J connectivity index is 0.707. The van der Waals surface area contributed by atoms with Crippen LogP contribution >= 0.6 is 11.8 Å². The summed E-state index contributed by atoms with van der Waals surface area (Å²) in [5, 5.41) is 6.05. The third-order valence-electron chi connectivity index (χ3n) is 12.1. The van der Waals surface area contributed by atoms with E-state index in [9.17, 15) is 33.6 Å². The molecule has 3 aromatic heterocycles. The zero-order chi connectivity index (χ0) is 45.6. The Labute approximate surface area is 378 Å². The van der Waals surface area contributed by atoms with Crippen molar-refractivity contribution in [3.05, 3.63) is 75.3 Å². The average Bonchev–Trinajstić information content (AvgIpc) is 3.92. The number of nitrogens with one attached hydrogen (secondary N) is 2. The molecule has 3 fully saturated rings. The van der Waals surface area contributed by atoms with Crippen LogP contribution in [0, 0.1) is 6.92 Å². The molecule has 1 saturated carbocycles. The summed E-state index contributed by atoms with van der Waals surface area (Å²) in [5.74, 6) is -1.16. The van der Waals surface area contributed by atoms with Gasteiger partial charge in [-0.25, -0.2) is 9.97 Å². The number of pyridine rings is 2. The summed E-state index contributed by atoms with van der Waals surface area (Å²) in [6.45, 7) is 7.04. The molecule has 0 radical (unpaired) electrons. The van der Waals surface area contributed by atoms with E-state index in [0.717, 1.165) is 36.3 Å². The van der Waals surface area contributed by atoms with Crippen molar-refractivity contribution in [3.63, 3.8) is 0 Å². The predicted octanol–water partition coefficient (Wildman–Crippen LogP) is 3.45. The number of hydrogen-bond donors (Lipinski definition) is 2. The van der Waals surface area contributed by atoms with Crippen molar-refractivity contribution in [1.82, 2.24) is 34.6 Å². The highest BCUT2D eigenvalue weighted by atomic mass is 32.2. The first-order valence-corrected chi connectivity index (χ1v) is 22.9. The molecule has 2 saturated heterocycles. The van der Waals surface area contributed by atoms with E-state index in [0.29, 0.717) is 91.6 Å². The fourth-order valence-electron chi connectivity index (χ4n) is 8.79. The van der Waals surface area contributed by atoms with Gasteiger partial charge in [-0.1, -0.05) is 18.9 Å². The summed E-state index contributed by atoms with van der Waals surface area (Å²) >= 11 is 1.37. The van der Waals surface area contributed by atoms with Crippen LogP contribution in [0.1, 0.15) is 88.1 Å². The first-order chi connectivity index (χ1) is 31.5. The summed E-state index contributed by atoms with van der Waals surface area (Å²) in [4.78, 5) is 108. The number of Topliss-reactive ketones (excluding diaryl/α,β-unsaturated/α-hetero) is 1. The number of ketones is 1. The van der Waals surface area contributed by atoms with Crippen LogP contribution in [0.3, 0.4) is 0 Å². The number of aryl methyl sites for hydroxylation is 1. The fourth-order valence-corrected chi connectivity index (χ4v) is 9.73. The molecular formula is C45H51N9O10S. The Bertz CT molecular complexity index is 2560. The minimum Gasteiger partial charge on any atom is -0.378 e. The number of piperidine rings is 1. The third-order valence-corrected chi connectivity index (χ3v) is 13.1. The second-order valence-electron chi connectivity index (χ2n) is 16.2. The lowest BCUT2D eigenvalue weighted by Gasteiger charge is -2.36. The number of amides is 5. The maximum atomic E-state index is 13.6. The molecule has 1 aliphatic carbocycles. The monoisotopic (exact) mass is 909 g/mol. The molecule has 8 rings (SSSR count). The maximum Gasteiger partial charge on any atom is 0.263 e. The average molecular weight is 910 g/mol. The van der Waals surface area contributed by atoms with Crippen LogP contribution in [0.25, 0.3) is 11.0 Å². The van der Waals surface area contributed by atoms with E-state index in [1.54, 1.807) is 47.0 Å². The number of nitrogens with zero attached hydrogens (tertiary/aromatic N) is 7. The van der Waals surface area contributed by atoms with Crippen LogP contribution < -0.4 is 21.1 Å². The standard InChI is InChI=1S/C45H51N9O10S/c1-27-32-25-47-45(50-40(32)53(29-6-3-4-7-29)43(60)38(27)28(2)55)48-35-12-10-30(24-46-35)51-14-16-52(17-15-51)37(57)26-64-21-20-62-18-19-63-22-23-65-34-9-5-8-31-39(34)44(61)54(42(31)59)33-11-13-36(56)49-41(33)58/h5,8-10,12,24-25,29,33H,3-4,6-7,11,13-23,26H2,1-2H3,(H,49,56,58)(H,46,47,48,50). The molecule has 1 unspecified atom stereocenters. The van der Waals surface area contributed by atoms with Crippen LogP contribution in [-0.4, -0.2) is 142 Å². The number of benzene rings is 1. The third kappa shape index (κ3) is 9.95. The summed E-state index contributed by atoms with van der Waals surface area (Å²) in [6, 6.07) is 7.77. The van der Waals surface area contributed by atoms with Gasteiger partial charge < -0.3 is 29.3 Å². The van der Waals surface area contributed by atoms with E-state index >= 15 is 0 Å². The Hall–Kier alpha value is -6.09. The van der Waals surface area contributed by atoms with Gasteiger partial charge in [0.25, 0.3) is 17.4 Å². The van der Waals surface area contributed by atoms with E-state index in [1.807, 2.05) is 12.1 Å². The molecule has 19 nitrogen and oxygen atoms in total. The van der Waals surface area contributed by atoms with Crippen molar-refractivity contribution < 1.29 is 43.0 Å². The molecule has 3 aliphatic heterocycles. The first-order valence-electron chi connectivity index (χ1n) is 21.9. The number of hydrogen-bond acceptors (Lipinski definition) is 16. The first kappa shape index (κ1) is 45.5. The number of carbonyl (C=O) groups excluding carboxylic acids is 6. The van der Waals surface area contributed by atoms with Crippen molar-refractivity contribution in [2.24, 2.45) is 0 Å². The summed E-state index contributed by atoms with van der Waals surface area (Å²) in [5.41, 5.74) is 2.40. The minimum atomic E-state index is -1.02. The molecule has 0 spiro atoms. The summed E-state index contributed by atoms with van der Waals surface area (Å²) in [6.07, 6.45) is 7.33. The van der Waals surface area contributed by atoms with Gasteiger partial charge >= 0.3 is 0 Å². The quantitative estimate of drug-likeness (QED) is 0.0631. The molecule has 20 heteroatoms. The van der Waals surface area contributed by atoms with Crippen LogP contribution in [0.5, 0.6) is 0 Å². The van der Waals surface area contributed by atoms with E-state index in [-0.39, 0.29) is 66.0 Å². The molecule has 5 amide bonds. The van der Waals surface area contributed by atoms with Gasteiger partial charge in [0.05, 0.1) is 61.6 Å². The predicted molar refractivity (Wildman–Crippen MR) is 239 cm³/mol. The number of ether oxygens (including phenoxy) is 3. The van der Waals surface area contributed by atoms with Crippen LogP contribution in [0.4, 0.5) is 17.5 Å². The number of carbonyl (C=O) groups is 6. The van der Waals surface area contributed by atoms with Gasteiger partial charge in [-0.15, -0.1) is 11.8 Å². The molecule has 0 bridgehead atoms. The smallest absolute Gasteiger partial charge is 0.263 e. The Morgan fingerprint density at radius 1 is 0.862 bits per heavy atom. The van der Waals surface area contributed by atoms with Gasteiger partial charge in [-0.2, -0.15) is 4.98 Å². The van der Waals surface area contributed by atoms with Gasteiger partial charge in [0.15, 0.2) is 5.78 Å². The lowest BCUT2D eigenvalue weighted by atomic mass is 10.0. The molecular weight excluding hydrogens is 859 g/mol. The number of imide groups is 2. The largest absolute Gasteiger partial charge is 0.378 e.